The number of nitrogens with zero attached hydrogens (tertiary/aromatic N) is 1. The Hall–Kier alpha value is -1.15. The van der Waals surface area contributed by atoms with Crippen molar-refractivity contribution in [3.63, 3.8) is 0 Å². The van der Waals surface area contributed by atoms with Crippen molar-refractivity contribution in [2.45, 2.75) is 6.42 Å². The molecule has 13 heavy (non-hydrogen) atoms. The van der Waals surface area contributed by atoms with Crippen molar-refractivity contribution in [2.24, 2.45) is 0 Å². The van der Waals surface area contributed by atoms with E-state index in [1.54, 1.807) is 11.3 Å². The van der Waals surface area contributed by atoms with Crippen molar-refractivity contribution in [1.82, 2.24) is 4.98 Å². The molecule has 0 amide bonds. The highest BCUT2D eigenvalue weighted by molar-refractivity contribution is 7.09. The van der Waals surface area contributed by atoms with Crippen molar-refractivity contribution in [2.75, 3.05) is 0 Å². The quantitative estimate of drug-likeness (QED) is 0.721. The molecule has 1 radical (unpaired) electrons. The van der Waals surface area contributed by atoms with Gasteiger partial charge < -0.3 is 0 Å². The van der Waals surface area contributed by atoms with Crippen molar-refractivity contribution in [3.05, 3.63) is 58.9 Å². The zero-order chi connectivity index (χ0) is 8.93. The van der Waals surface area contributed by atoms with Crippen molar-refractivity contribution in [1.29, 1.82) is 0 Å². The maximum absolute atomic E-state index is 4.19. The van der Waals surface area contributed by atoms with Crippen LogP contribution in [0.5, 0.6) is 0 Å². The number of rotatable bonds is 3. The highest BCUT2D eigenvalue weighted by Crippen LogP contribution is 2.10. The molecule has 65 valence electrons. The van der Waals surface area contributed by atoms with Gasteiger partial charge in [0.05, 0.1) is 5.01 Å². The van der Waals surface area contributed by atoms with Crippen LogP contribution in [0.1, 0.15) is 10.6 Å². The second-order valence-electron chi connectivity index (χ2n) is 2.76. The summed E-state index contributed by atoms with van der Waals surface area (Å²) in [6.07, 6.45) is 4.95. The van der Waals surface area contributed by atoms with Gasteiger partial charge in [0, 0.05) is 18.0 Å². The average molecular weight is 188 g/mol. The minimum absolute atomic E-state index is 0.967. The van der Waals surface area contributed by atoms with Gasteiger partial charge in [0.2, 0.25) is 0 Å². The lowest BCUT2D eigenvalue weighted by atomic mass is 10.1. The van der Waals surface area contributed by atoms with Gasteiger partial charge in [-0.05, 0) is 12.0 Å². The SMILES string of the molecule is [CH](Cc1ccccc1)c1nccs1. The van der Waals surface area contributed by atoms with Gasteiger partial charge >= 0.3 is 0 Å². The third kappa shape index (κ3) is 2.39. The molecular weight excluding hydrogens is 178 g/mol. The van der Waals surface area contributed by atoms with Crippen LogP contribution in [0.3, 0.4) is 0 Å². The zero-order valence-electron chi connectivity index (χ0n) is 7.18. The van der Waals surface area contributed by atoms with E-state index in [1.807, 2.05) is 17.6 Å². The molecule has 0 spiro atoms. The first-order valence-electron chi connectivity index (χ1n) is 4.22. The molecular formula is C11H10NS. The summed E-state index contributed by atoms with van der Waals surface area (Å²) in [5, 5.41) is 3.10. The van der Waals surface area contributed by atoms with Crippen LogP contribution in [-0.4, -0.2) is 4.98 Å². The third-order valence-electron chi connectivity index (χ3n) is 1.81. The summed E-state index contributed by atoms with van der Waals surface area (Å²) in [5.41, 5.74) is 1.33. The summed E-state index contributed by atoms with van der Waals surface area (Å²) in [6.45, 7) is 0. The Morgan fingerprint density at radius 3 is 2.77 bits per heavy atom. The van der Waals surface area contributed by atoms with E-state index in [9.17, 15) is 0 Å². The Bertz CT molecular complexity index is 340. The van der Waals surface area contributed by atoms with Crippen LogP contribution in [-0.2, 0) is 6.42 Å². The Morgan fingerprint density at radius 1 is 1.23 bits per heavy atom. The first kappa shape index (κ1) is 8.45. The number of hydrogen-bond acceptors (Lipinski definition) is 2. The van der Waals surface area contributed by atoms with E-state index in [2.05, 4.69) is 35.7 Å². The topological polar surface area (TPSA) is 12.9 Å². The van der Waals surface area contributed by atoms with Gasteiger partial charge in [-0.15, -0.1) is 11.3 Å². The minimum Gasteiger partial charge on any atom is -0.249 e. The molecule has 0 saturated carbocycles. The summed E-state index contributed by atoms with van der Waals surface area (Å²) in [6, 6.07) is 10.4. The van der Waals surface area contributed by atoms with E-state index in [1.165, 1.54) is 5.56 Å². The van der Waals surface area contributed by atoms with Gasteiger partial charge in [0.15, 0.2) is 0 Å². The lowest BCUT2D eigenvalue weighted by molar-refractivity contribution is 1.14. The molecule has 1 aromatic heterocycles. The standard InChI is InChI=1S/C11H10NS/c1-2-4-10(5-3-1)6-7-11-12-8-9-13-11/h1-5,7-9H,6H2. The van der Waals surface area contributed by atoms with Crippen LogP contribution in [0.15, 0.2) is 41.9 Å². The Kier molecular flexibility index (Phi) is 2.72. The molecule has 0 saturated heterocycles. The van der Waals surface area contributed by atoms with Crippen molar-refractivity contribution >= 4 is 11.3 Å². The molecule has 0 unspecified atom stereocenters. The molecule has 2 aromatic rings. The lowest BCUT2D eigenvalue weighted by Crippen LogP contribution is -1.86. The molecule has 0 N–H and O–H groups in total. The van der Waals surface area contributed by atoms with E-state index in [-0.39, 0.29) is 0 Å². The fourth-order valence-corrected chi connectivity index (χ4v) is 1.72. The molecule has 2 heteroatoms. The molecule has 0 bridgehead atoms. The summed E-state index contributed by atoms with van der Waals surface area (Å²) in [4.78, 5) is 4.19. The van der Waals surface area contributed by atoms with E-state index in [4.69, 9.17) is 0 Å². The van der Waals surface area contributed by atoms with E-state index < -0.39 is 0 Å². The largest absolute Gasteiger partial charge is 0.249 e. The highest BCUT2D eigenvalue weighted by Gasteiger charge is 1.96. The van der Waals surface area contributed by atoms with Crippen LogP contribution in [0, 0.1) is 6.42 Å². The van der Waals surface area contributed by atoms with Gasteiger partial charge in [-0.1, -0.05) is 30.3 Å². The number of thiazole rings is 1. The predicted molar refractivity (Wildman–Crippen MR) is 55.7 cm³/mol. The van der Waals surface area contributed by atoms with Crippen LogP contribution >= 0.6 is 11.3 Å². The fraction of sp³-hybridized carbons (Fsp3) is 0.0909. The molecule has 0 fully saturated rings. The number of hydrogen-bond donors (Lipinski definition) is 0. The van der Waals surface area contributed by atoms with Gasteiger partial charge in [-0.2, -0.15) is 0 Å². The van der Waals surface area contributed by atoms with Gasteiger partial charge in [0.25, 0.3) is 0 Å². The summed E-state index contributed by atoms with van der Waals surface area (Å²) in [7, 11) is 0. The fourth-order valence-electron chi connectivity index (χ4n) is 1.15. The Balaban J connectivity index is 1.94. The van der Waals surface area contributed by atoms with Gasteiger partial charge in [-0.3, -0.25) is 0 Å². The average Bonchev–Trinajstić information content (AvgIpc) is 2.69. The van der Waals surface area contributed by atoms with Crippen molar-refractivity contribution in [3.8, 4) is 0 Å². The van der Waals surface area contributed by atoms with E-state index in [0.717, 1.165) is 11.4 Å². The maximum atomic E-state index is 4.19. The first-order valence-corrected chi connectivity index (χ1v) is 5.10. The molecule has 0 aliphatic heterocycles. The monoisotopic (exact) mass is 188 g/mol. The molecule has 0 aliphatic rings. The Morgan fingerprint density at radius 2 is 2.08 bits per heavy atom. The smallest absolute Gasteiger partial charge is 0.0966 e. The summed E-state index contributed by atoms with van der Waals surface area (Å²) >= 11 is 1.68. The zero-order valence-corrected chi connectivity index (χ0v) is 8.00. The number of aromatic nitrogens is 1. The van der Waals surface area contributed by atoms with Gasteiger partial charge in [-0.25, -0.2) is 4.98 Å². The van der Waals surface area contributed by atoms with Crippen LogP contribution in [0.25, 0.3) is 0 Å². The summed E-state index contributed by atoms with van der Waals surface area (Å²) < 4.78 is 0. The molecule has 1 nitrogen and oxygen atoms in total. The molecule has 0 aliphatic carbocycles. The predicted octanol–water partition coefficient (Wildman–Crippen LogP) is 2.94. The highest BCUT2D eigenvalue weighted by atomic mass is 32.1. The Labute approximate surface area is 82.1 Å². The third-order valence-corrected chi connectivity index (χ3v) is 2.58. The van der Waals surface area contributed by atoms with Crippen molar-refractivity contribution < 1.29 is 0 Å². The molecule has 0 atom stereocenters. The van der Waals surface area contributed by atoms with Crippen LogP contribution < -0.4 is 0 Å². The summed E-state index contributed by atoms with van der Waals surface area (Å²) in [5.74, 6) is 0. The van der Waals surface area contributed by atoms with E-state index >= 15 is 0 Å². The molecule has 1 heterocycles. The van der Waals surface area contributed by atoms with Crippen LogP contribution in [0.4, 0.5) is 0 Å². The molecule has 1 aromatic carbocycles. The minimum atomic E-state index is 0.967. The first-order chi connectivity index (χ1) is 6.45. The lowest BCUT2D eigenvalue weighted by Gasteiger charge is -1.96. The van der Waals surface area contributed by atoms with Crippen LogP contribution in [0.2, 0.25) is 0 Å². The molecule has 2 rings (SSSR count). The second-order valence-corrected chi connectivity index (χ2v) is 3.69. The van der Waals surface area contributed by atoms with Gasteiger partial charge in [0.1, 0.15) is 0 Å². The second kappa shape index (κ2) is 4.19. The number of benzene rings is 1. The normalized spacial score (nSPS) is 10.2. The van der Waals surface area contributed by atoms with E-state index in [0.29, 0.717) is 0 Å². The maximum Gasteiger partial charge on any atom is 0.0966 e.